The molecule has 5 rings (SSSR count). The first-order valence-corrected chi connectivity index (χ1v) is 9.01. The molecule has 0 spiro atoms. The number of pyridine rings is 1. The second-order valence-corrected chi connectivity index (χ2v) is 7.07. The van der Waals surface area contributed by atoms with Gasteiger partial charge in [-0.2, -0.15) is 0 Å². The van der Waals surface area contributed by atoms with Gasteiger partial charge in [-0.15, -0.1) is 0 Å². The molecule has 1 aliphatic carbocycles. The van der Waals surface area contributed by atoms with Crippen LogP contribution in [0.15, 0.2) is 55.0 Å². The van der Waals surface area contributed by atoms with Gasteiger partial charge in [0.25, 0.3) is 0 Å². The van der Waals surface area contributed by atoms with Crippen LogP contribution in [-0.2, 0) is 0 Å². The van der Waals surface area contributed by atoms with Gasteiger partial charge in [0, 0.05) is 35.6 Å². The first-order chi connectivity index (χ1) is 12.7. The Hall–Kier alpha value is -2.66. The van der Waals surface area contributed by atoms with E-state index < -0.39 is 0 Å². The highest BCUT2D eigenvalue weighted by atomic mass is 35.5. The van der Waals surface area contributed by atoms with Crippen molar-refractivity contribution < 1.29 is 4.39 Å². The van der Waals surface area contributed by atoms with Crippen molar-refractivity contribution in [1.82, 2.24) is 19.4 Å². The van der Waals surface area contributed by atoms with Crippen molar-refractivity contribution in [2.24, 2.45) is 0 Å². The number of aromatic nitrogens is 3. The van der Waals surface area contributed by atoms with E-state index in [1.165, 1.54) is 18.9 Å². The van der Waals surface area contributed by atoms with E-state index in [0.29, 0.717) is 22.6 Å². The van der Waals surface area contributed by atoms with Gasteiger partial charge in [-0.3, -0.25) is 9.55 Å². The zero-order valence-electron chi connectivity index (χ0n) is 13.9. The number of allylic oxidation sites excluding steroid dienone is 2. The Kier molecular flexibility index (Phi) is 3.57. The molecule has 3 aromatic rings. The summed E-state index contributed by atoms with van der Waals surface area (Å²) in [5.41, 5.74) is 2.94. The van der Waals surface area contributed by atoms with Gasteiger partial charge in [0.05, 0.1) is 22.9 Å². The topological polar surface area (TPSA) is 34.0 Å². The van der Waals surface area contributed by atoms with Crippen molar-refractivity contribution in [2.45, 2.75) is 18.9 Å². The van der Waals surface area contributed by atoms with Crippen LogP contribution in [0.2, 0.25) is 5.02 Å². The summed E-state index contributed by atoms with van der Waals surface area (Å²) in [6.07, 6.45) is 12.2. The van der Waals surface area contributed by atoms with Crippen molar-refractivity contribution in [3.05, 3.63) is 71.7 Å². The third kappa shape index (κ3) is 2.59. The lowest BCUT2D eigenvalue weighted by molar-refractivity contribution is 0.403. The summed E-state index contributed by atoms with van der Waals surface area (Å²) < 4.78 is 16.5. The molecule has 0 saturated heterocycles. The number of nitrogens with zero attached hydrogens (tertiary/aromatic N) is 4. The van der Waals surface area contributed by atoms with E-state index in [9.17, 15) is 4.39 Å². The van der Waals surface area contributed by atoms with E-state index >= 15 is 0 Å². The zero-order chi connectivity index (χ0) is 17.7. The SMILES string of the molecule is Fc1cc(Cl)ccc1-n1c(C2=CCN(C3CC3)C=C2)nc2ccncc21. The van der Waals surface area contributed by atoms with Crippen molar-refractivity contribution in [3.63, 3.8) is 0 Å². The number of halogens is 2. The molecule has 1 aliphatic heterocycles. The van der Waals surface area contributed by atoms with Gasteiger partial charge in [0.1, 0.15) is 11.6 Å². The van der Waals surface area contributed by atoms with Gasteiger partial charge >= 0.3 is 0 Å². The number of fused-ring (bicyclic) bond motifs is 1. The molecule has 0 N–H and O–H groups in total. The minimum absolute atomic E-state index is 0.368. The van der Waals surface area contributed by atoms with Gasteiger partial charge < -0.3 is 4.90 Å². The van der Waals surface area contributed by atoms with Crippen molar-refractivity contribution in [2.75, 3.05) is 6.54 Å². The van der Waals surface area contributed by atoms with Crippen LogP contribution in [0.1, 0.15) is 18.7 Å². The maximum Gasteiger partial charge on any atom is 0.148 e. The van der Waals surface area contributed by atoms with E-state index in [1.54, 1.807) is 24.5 Å². The molecule has 0 atom stereocenters. The highest BCUT2D eigenvalue weighted by Crippen LogP contribution is 2.32. The molecule has 1 saturated carbocycles. The molecule has 0 amide bonds. The normalized spacial score (nSPS) is 17.0. The molecule has 6 heteroatoms. The van der Waals surface area contributed by atoms with E-state index in [4.69, 9.17) is 16.6 Å². The average molecular weight is 367 g/mol. The molecule has 1 aromatic carbocycles. The number of benzene rings is 1. The van der Waals surface area contributed by atoms with Crippen LogP contribution in [0.4, 0.5) is 4.39 Å². The van der Waals surface area contributed by atoms with Crippen LogP contribution < -0.4 is 0 Å². The lowest BCUT2D eigenvalue weighted by Gasteiger charge is -2.22. The number of hydrogen-bond donors (Lipinski definition) is 0. The van der Waals surface area contributed by atoms with Crippen LogP contribution in [0.3, 0.4) is 0 Å². The summed E-state index contributed by atoms with van der Waals surface area (Å²) in [6.45, 7) is 0.848. The predicted molar refractivity (Wildman–Crippen MR) is 101 cm³/mol. The third-order valence-electron chi connectivity index (χ3n) is 4.85. The van der Waals surface area contributed by atoms with Crippen LogP contribution in [0.5, 0.6) is 0 Å². The van der Waals surface area contributed by atoms with Crippen LogP contribution >= 0.6 is 11.6 Å². The number of hydrogen-bond acceptors (Lipinski definition) is 3. The molecule has 3 heterocycles. The molecule has 0 unspecified atom stereocenters. The molecule has 1 fully saturated rings. The van der Waals surface area contributed by atoms with Crippen LogP contribution in [0.25, 0.3) is 22.3 Å². The highest BCUT2D eigenvalue weighted by molar-refractivity contribution is 6.30. The van der Waals surface area contributed by atoms with E-state index in [-0.39, 0.29) is 5.82 Å². The molecule has 2 aliphatic rings. The Labute approximate surface area is 155 Å². The molecule has 130 valence electrons. The lowest BCUT2D eigenvalue weighted by Crippen LogP contribution is -2.22. The van der Waals surface area contributed by atoms with Gasteiger partial charge in [0.15, 0.2) is 0 Å². The van der Waals surface area contributed by atoms with Gasteiger partial charge in [-0.1, -0.05) is 17.7 Å². The molecular formula is C20H16ClFN4. The van der Waals surface area contributed by atoms with Crippen molar-refractivity contribution in [1.29, 1.82) is 0 Å². The van der Waals surface area contributed by atoms with Crippen LogP contribution in [0, 0.1) is 5.82 Å². The second-order valence-electron chi connectivity index (χ2n) is 6.63. The van der Waals surface area contributed by atoms with E-state index in [0.717, 1.165) is 23.2 Å². The smallest absolute Gasteiger partial charge is 0.148 e. The van der Waals surface area contributed by atoms with Gasteiger partial charge in [0.2, 0.25) is 0 Å². The summed E-state index contributed by atoms with van der Waals surface area (Å²) in [4.78, 5) is 11.3. The largest absolute Gasteiger partial charge is 0.371 e. The summed E-state index contributed by atoms with van der Waals surface area (Å²) in [6, 6.07) is 7.20. The maximum atomic E-state index is 14.7. The predicted octanol–water partition coefficient (Wildman–Crippen LogP) is 4.59. The Balaban J connectivity index is 1.67. The fraction of sp³-hybridized carbons (Fsp3) is 0.200. The molecule has 4 nitrogen and oxygen atoms in total. The average Bonchev–Trinajstić information content (AvgIpc) is 3.43. The zero-order valence-corrected chi connectivity index (χ0v) is 14.7. The van der Waals surface area contributed by atoms with Gasteiger partial charge in [-0.25, -0.2) is 9.37 Å². The van der Waals surface area contributed by atoms with E-state index in [2.05, 4.69) is 28.2 Å². The minimum Gasteiger partial charge on any atom is -0.371 e. The molecule has 2 aromatic heterocycles. The van der Waals surface area contributed by atoms with Crippen molar-refractivity contribution in [3.8, 4) is 5.69 Å². The van der Waals surface area contributed by atoms with Gasteiger partial charge in [-0.05, 0) is 43.2 Å². The monoisotopic (exact) mass is 366 g/mol. The fourth-order valence-electron chi connectivity index (χ4n) is 3.38. The third-order valence-corrected chi connectivity index (χ3v) is 5.08. The summed E-state index contributed by atoms with van der Waals surface area (Å²) >= 11 is 5.93. The molecule has 26 heavy (non-hydrogen) atoms. The summed E-state index contributed by atoms with van der Waals surface area (Å²) in [5, 5.41) is 0.368. The number of imidazole rings is 1. The Morgan fingerprint density at radius 1 is 1.19 bits per heavy atom. The first kappa shape index (κ1) is 15.6. The summed E-state index contributed by atoms with van der Waals surface area (Å²) in [7, 11) is 0. The van der Waals surface area contributed by atoms with Crippen molar-refractivity contribution >= 4 is 28.2 Å². The standard InChI is InChI=1S/C20H16ClFN4/c21-14-1-4-18(16(22)11-14)26-19-12-23-8-5-17(19)24-20(26)13-6-9-25(10-7-13)15-2-3-15/h1,4-9,11-12,15H,2-3,10H2. The fourth-order valence-corrected chi connectivity index (χ4v) is 3.53. The minimum atomic E-state index is -0.387. The quantitative estimate of drug-likeness (QED) is 0.680. The molecular weight excluding hydrogens is 351 g/mol. The Bertz CT molecular complexity index is 1060. The Morgan fingerprint density at radius 2 is 2.08 bits per heavy atom. The lowest BCUT2D eigenvalue weighted by atomic mass is 10.1. The maximum absolute atomic E-state index is 14.7. The highest BCUT2D eigenvalue weighted by Gasteiger charge is 2.28. The molecule has 0 radical (unpaired) electrons. The first-order valence-electron chi connectivity index (χ1n) is 8.63. The summed E-state index contributed by atoms with van der Waals surface area (Å²) in [5.74, 6) is 0.322. The Morgan fingerprint density at radius 3 is 2.81 bits per heavy atom. The van der Waals surface area contributed by atoms with E-state index in [1.807, 2.05) is 10.6 Å². The van der Waals surface area contributed by atoms with Crippen LogP contribution in [-0.4, -0.2) is 32.0 Å². The molecule has 0 bridgehead atoms. The second kappa shape index (κ2) is 5.95. The number of rotatable bonds is 3.